The van der Waals surface area contributed by atoms with E-state index in [1.54, 1.807) is 30.3 Å². The van der Waals surface area contributed by atoms with Gasteiger partial charge in [0.2, 0.25) is 0 Å². The molecule has 220 valence electrons. The summed E-state index contributed by atoms with van der Waals surface area (Å²) in [6.07, 6.45) is -3.93. The number of rotatable bonds is 8. The third-order valence-corrected chi connectivity index (χ3v) is 7.70. The maximum absolute atomic E-state index is 13.5. The zero-order chi connectivity index (χ0) is 29.6. The number of ether oxygens (including phenoxy) is 2. The summed E-state index contributed by atoms with van der Waals surface area (Å²) in [6, 6.07) is 14.5. The fourth-order valence-electron chi connectivity index (χ4n) is 5.29. The zero-order valence-corrected chi connectivity index (χ0v) is 22.7. The molecule has 0 amide bonds. The molecule has 0 spiro atoms. The van der Waals surface area contributed by atoms with Crippen LogP contribution in [-0.2, 0) is 16.6 Å². The second kappa shape index (κ2) is 10.7. The number of benzene rings is 3. The number of pyridine rings is 1. The highest BCUT2D eigenvalue weighted by atomic mass is 32.3. The van der Waals surface area contributed by atoms with Crippen molar-refractivity contribution in [3.05, 3.63) is 83.6 Å². The third-order valence-electron chi connectivity index (χ3n) is 7.30. The van der Waals surface area contributed by atoms with Crippen LogP contribution < -0.4 is 13.7 Å². The zero-order valence-electron chi connectivity index (χ0n) is 21.8. The van der Waals surface area contributed by atoms with Crippen molar-refractivity contribution in [2.75, 3.05) is 32.9 Å². The van der Waals surface area contributed by atoms with Crippen LogP contribution in [0.1, 0.15) is 22.8 Å². The Balaban J connectivity index is 1.35. The molecule has 3 aromatic carbocycles. The molecule has 4 aromatic rings. The third kappa shape index (κ3) is 5.72. The molecule has 42 heavy (non-hydrogen) atoms. The van der Waals surface area contributed by atoms with Crippen molar-refractivity contribution in [1.29, 1.82) is 0 Å². The highest BCUT2D eigenvalue weighted by Crippen LogP contribution is 2.49. The fraction of sp³-hybridized carbons (Fsp3) is 0.276. The standard InChI is InChI=1S/C29H24F4N2O6S/c30-13-17-15-35(16-17)9-10-39-20-4-1-18(2-5-20)28-27-23-8-6-21(41-42(36,37)38)12-25(23)34-14-24(27)22-7-3-19(29(31,32)33)11-26(22)40-28/h1-8,11-12,14,17,28H,9-10,13,15-16H2,(H,36,37,38). The predicted molar refractivity (Wildman–Crippen MR) is 145 cm³/mol. The van der Waals surface area contributed by atoms with Crippen LogP contribution in [0, 0.1) is 5.92 Å². The van der Waals surface area contributed by atoms with Gasteiger partial charge in [0.05, 0.1) is 17.8 Å². The molecule has 2 aliphatic rings. The second-order valence-electron chi connectivity index (χ2n) is 10.2. The maximum atomic E-state index is 13.5. The fourth-order valence-corrected chi connectivity index (χ4v) is 5.64. The summed E-state index contributed by atoms with van der Waals surface area (Å²) in [6.45, 7) is 2.18. The molecule has 1 unspecified atom stereocenters. The lowest BCUT2D eigenvalue weighted by Crippen LogP contribution is -2.49. The molecule has 0 bridgehead atoms. The van der Waals surface area contributed by atoms with Crippen molar-refractivity contribution in [2.24, 2.45) is 5.92 Å². The van der Waals surface area contributed by atoms with Gasteiger partial charge in [-0.1, -0.05) is 12.1 Å². The van der Waals surface area contributed by atoms with E-state index < -0.39 is 28.2 Å². The molecular weight excluding hydrogens is 580 g/mol. The van der Waals surface area contributed by atoms with Gasteiger partial charge >= 0.3 is 16.6 Å². The van der Waals surface area contributed by atoms with E-state index in [9.17, 15) is 26.0 Å². The van der Waals surface area contributed by atoms with Crippen LogP contribution in [-0.4, -0.2) is 55.8 Å². The molecule has 1 saturated heterocycles. The van der Waals surface area contributed by atoms with E-state index in [0.29, 0.717) is 65.1 Å². The Morgan fingerprint density at radius 3 is 2.43 bits per heavy atom. The number of halogens is 4. The van der Waals surface area contributed by atoms with Gasteiger partial charge in [0, 0.05) is 59.9 Å². The second-order valence-corrected chi connectivity index (χ2v) is 11.2. The Morgan fingerprint density at radius 1 is 1.00 bits per heavy atom. The van der Waals surface area contributed by atoms with Crippen molar-refractivity contribution in [3.8, 4) is 28.4 Å². The minimum Gasteiger partial charge on any atom is -0.492 e. The smallest absolute Gasteiger partial charge is 0.446 e. The first-order valence-corrected chi connectivity index (χ1v) is 14.3. The van der Waals surface area contributed by atoms with Crippen LogP contribution in [0.4, 0.5) is 17.6 Å². The summed E-state index contributed by atoms with van der Waals surface area (Å²) in [5, 5.41) is 0.548. The summed E-state index contributed by atoms with van der Waals surface area (Å²) in [4.78, 5) is 6.49. The monoisotopic (exact) mass is 604 g/mol. The maximum Gasteiger partial charge on any atom is 0.446 e. The number of fused-ring (bicyclic) bond motifs is 5. The SMILES string of the molecule is O=S(=O)(O)Oc1ccc2c3c(cnc2c1)-c1ccc(C(F)(F)F)cc1OC3c1ccc(OCCN2CC(CF)C2)cc1. The van der Waals surface area contributed by atoms with Crippen molar-refractivity contribution < 1.29 is 44.2 Å². The van der Waals surface area contributed by atoms with Crippen LogP contribution in [0.3, 0.4) is 0 Å². The van der Waals surface area contributed by atoms with E-state index >= 15 is 0 Å². The van der Waals surface area contributed by atoms with E-state index in [-0.39, 0.29) is 24.1 Å². The van der Waals surface area contributed by atoms with E-state index in [0.717, 1.165) is 12.1 Å². The summed E-state index contributed by atoms with van der Waals surface area (Å²) >= 11 is 0. The molecule has 2 aliphatic heterocycles. The molecule has 1 atom stereocenters. The Labute approximate surface area is 238 Å². The normalized spacial score (nSPS) is 17.2. The Hall–Kier alpha value is -3.94. The number of hydrogen-bond acceptors (Lipinski definition) is 7. The van der Waals surface area contributed by atoms with Crippen LogP contribution in [0.15, 0.2) is 66.9 Å². The first kappa shape index (κ1) is 28.2. The molecule has 1 fully saturated rings. The minimum absolute atomic E-state index is 0.0382. The number of alkyl halides is 4. The highest BCUT2D eigenvalue weighted by Gasteiger charge is 2.35. The molecule has 0 saturated carbocycles. The van der Waals surface area contributed by atoms with E-state index in [1.807, 2.05) is 0 Å². The molecular formula is C29H24F4N2O6S. The van der Waals surface area contributed by atoms with Crippen LogP contribution in [0.25, 0.3) is 22.0 Å². The highest BCUT2D eigenvalue weighted by molar-refractivity contribution is 7.81. The van der Waals surface area contributed by atoms with Gasteiger partial charge in [0.1, 0.15) is 23.9 Å². The van der Waals surface area contributed by atoms with E-state index in [4.69, 9.17) is 14.0 Å². The summed E-state index contributed by atoms with van der Waals surface area (Å²) in [5.74, 6) is 0.550. The van der Waals surface area contributed by atoms with Crippen molar-refractivity contribution in [3.63, 3.8) is 0 Å². The van der Waals surface area contributed by atoms with Crippen LogP contribution in [0.2, 0.25) is 0 Å². The first-order valence-electron chi connectivity index (χ1n) is 13.0. The lowest BCUT2D eigenvalue weighted by Gasteiger charge is -2.37. The van der Waals surface area contributed by atoms with Gasteiger partial charge in [0.15, 0.2) is 6.10 Å². The van der Waals surface area contributed by atoms with Gasteiger partial charge in [-0.2, -0.15) is 21.6 Å². The van der Waals surface area contributed by atoms with Gasteiger partial charge in [0.25, 0.3) is 0 Å². The Morgan fingerprint density at radius 2 is 1.74 bits per heavy atom. The molecule has 1 N–H and O–H groups in total. The number of aromatic nitrogens is 1. The number of hydrogen-bond donors (Lipinski definition) is 1. The molecule has 3 heterocycles. The molecule has 13 heteroatoms. The van der Waals surface area contributed by atoms with Crippen molar-refractivity contribution in [1.82, 2.24) is 9.88 Å². The Bertz CT molecular complexity index is 1740. The molecule has 0 aliphatic carbocycles. The molecule has 8 nitrogen and oxygen atoms in total. The Kier molecular flexibility index (Phi) is 7.19. The van der Waals surface area contributed by atoms with Crippen molar-refractivity contribution in [2.45, 2.75) is 12.3 Å². The van der Waals surface area contributed by atoms with Gasteiger partial charge in [-0.25, -0.2) is 0 Å². The summed E-state index contributed by atoms with van der Waals surface area (Å²) < 4.78 is 101. The molecule has 6 rings (SSSR count). The van der Waals surface area contributed by atoms with Crippen molar-refractivity contribution >= 4 is 21.3 Å². The number of nitrogens with zero attached hydrogens (tertiary/aromatic N) is 2. The largest absolute Gasteiger partial charge is 0.492 e. The van der Waals surface area contributed by atoms with Crippen LogP contribution >= 0.6 is 0 Å². The average molecular weight is 605 g/mol. The van der Waals surface area contributed by atoms with Gasteiger partial charge < -0.3 is 13.7 Å². The topological polar surface area (TPSA) is 98.2 Å². The summed E-state index contributed by atoms with van der Waals surface area (Å²) in [5.41, 5.74) is 1.67. The quantitative estimate of drug-likeness (QED) is 0.197. The van der Waals surface area contributed by atoms with E-state index in [1.165, 1.54) is 24.4 Å². The van der Waals surface area contributed by atoms with Gasteiger partial charge in [-0.3, -0.25) is 18.8 Å². The van der Waals surface area contributed by atoms with Gasteiger partial charge in [-0.05, 0) is 48.0 Å². The van der Waals surface area contributed by atoms with Crippen LogP contribution in [0.5, 0.6) is 17.2 Å². The molecule has 0 radical (unpaired) electrons. The number of likely N-dealkylation sites (tertiary alicyclic amines) is 1. The summed E-state index contributed by atoms with van der Waals surface area (Å²) in [7, 11) is -4.76. The first-order chi connectivity index (χ1) is 20.0. The molecule has 1 aromatic heterocycles. The van der Waals surface area contributed by atoms with Gasteiger partial charge in [-0.15, -0.1) is 0 Å². The average Bonchev–Trinajstić information content (AvgIpc) is 2.92. The van der Waals surface area contributed by atoms with E-state index in [2.05, 4.69) is 14.1 Å². The lowest BCUT2D eigenvalue weighted by molar-refractivity contribution is -0.137. The predicted octanol–water partition coefficient (Wildman–Crippen LogP) is 5.86. The minimum atomic E-state index is -4.76. The lowest BCUT2D eigenvalue weighted by atomic mass is 9.87.